The van der Waals surface area contributed by atoms with Crippen LogP contribution in [0.2, 0.25) is 0 Å². The summed E-state index contributed by atoms with van der Waals surface area (Å²) in [5.74, 6) is 0. The van der Waals surface area contributed by atoms with Gasteiger partial charge >= 0.3 is 0 Å². The van der Waals surface area contributed by atoms with Gasteiger partial charge in [-0.25, -0.2) is 0 Å². The average Bonchev–Trinajstić information content (AvgIpc) is 1.72. The molecule has 0 aliphatic carbocycles. The van der Waals surface area contributed by atoms with Gasteiger partial charge in [-0.05, 0) is 0 Å². The van der Waals surface area contributed by atoms with E-state index in [9.17, 15) is 0 Å². The van der Waals surface area contributed by atoms with Crippen LogP contribution in [-0.4, -0.2) is 16.6 Å². The predicted molar refractivity (Wildman–Crippen MR) is 26.0 cm³/mol. The van der Waals surface area contributed by atoms with Crippen LogP contribution in [-0.2, 0) is 4.43 Å². The summed E-state index contributed by atoms with van der Waals surface area (Å²) in [5, 5.41) is 15.9. The average molecular weight is 112 g/mol. The summed E-state index contributed by atoms with van der Waals surface area (Å²) in [4.78, 5) is 0. The van der Waals surface area contributed by atoms with E-state index in [0.29, 0.717) is 10.5 Å². The van der Waals surface area contributed by atoms with E-state index in [1.807, 2.05) is 0 Å². The first-order valence-electron chi connectivity index (χ1n) is 1.67. The number of hydrogen-bond acceptors (Lipinski definition) is 3. The molecule has 0 fully saturated rings. The summed E-state index contributed by atoms with van der Waals surface area (Å²) in [6.45, 7) is 0. The molecule has 7 heavy (non-hydrogen) atoms. The first-order valence-corrected chi connectivity index (χ1v) is 2.49. The van der Waals surface area contributed by atoms with E-state index in [0.717, 1.165) is 0 Å². The fourth-order valence-corrected chi connectivity index (χ4v) is 0.345. The second-order valence-corrected chi connectivity index (χ2v) is 1.35. The van der Waals surface area contributed by atoms with E-state index < -0.39 is 6.10 Å². The van der Waals surface area contributed by atoms with Crippen LogP contribution >= 0.6 is 0 Å². The molecule has 0 radical (unpaired) electrons. The lowest BCUT2D eigenvalue weighted by Crippen LogP contribution is -2.02. The van der Waals surface area contributed by atoms with E-state index in [4.69, 9.17) is 10.5 Å². The van der Waals surface area contributed by atoms with Gasteiger partial charge in [0.1, 0.15) is 22.6 Å². The number of hydrogen-bond donors (Lipinski definition) is 0. The second kappa shape index (κ2) is 3.35. The summed E-state index contributed by atoms with van der Waals surface area (Å²) in [7, 11) is 0.447. The van der Waals surface area contributed by atoms with Gasteiger partial charge in [0, 0.05) is 0 Å². The molecule has 0 aliphatic rings. The van der Waals surface area contributed by atoms with Crippen LogP contribution in [0, 0.1) is 22.7 Å². The highest BCUT2D eigenvalue weighted by Crippen LogP contribution is 1.78. The van der Waals surface area contributed by atoms with Crippen LogP contribution in [0.15, 0.2) is 0 Å². The summed E-state index contributed by atoms with van der Waals surface area (Å²) in [6, 6.07) is 3.31. The highest BCUT2D eigenvalue weighted by molar-refractivity contribution is 5.98. The van der Waals surface area contributed by atoms with Crippen LogP contribution in [0.25, 0.3) is 0 Å². The maximum atomic E-state index is 7.95. The van der Waals surface area contributed by atoms with E-state index in [1.165, 1.54) is 0 Å². The largest absolute Gasteiger partial charge is 0.402 e. The van der Waals surface area contributed by atoms with Crippen molar-refractivity contribution in [1.29, 1.82) is 10.5 Å². The minimum absolute atomic E-state index is 0.447. The van der Waals surface area contributed by atoms with Crippen molar-refractivity contribution in [3.8, 4) is 12.1 Å². The standard InChI is InChI=1S/C3H4N2OSi/c4-1-3(2-5)6-7/h3H,7H3. The van der Waals surface area contributed by atoms with Gasteiger partial charge in [0.25, 0.3) is 0 Å². The Kier molecular flexibility index (Phi) is 2.95. The van der Waals surface area contributed by atoms with E-state index in [-0.39, 0.29) is 0 Å². The van der Waals surface area contributed by atoms with Crippen molar-refractivity contribution in [2.24, 2.45) is 0 Å². The van der Waals surface area contributed by atoms with Gasteiger partial charge in [0.15, 0.2) is 0 Å². The molecule has 0 atom stereocenters. The Labute approximate surface area is 44.7 Å². The summed E-state index contributed by atoms with van der Waals surface area (Å²) in [5.41, 5.74) is 0. The molecule has 0 aliphatic heterocycles. The highest BCUT2D eigenvalue weighted by atomic mass is 28.2. The third-order valence-electron chi connectivity index (χ3n) is 0.470. The van der Waals surface area contributed by atoms with E-state index in [1.54, 1.807) is 12.1 Å². The van der Waals surface area contributed by atoms with Gasteiger partial charge in [0.05, 0.1) is 0 Å². The van der Waals surface area contributed by atoms with Crippen molar-refractivity contribution in [2.45, 2.75) is 6.10 Å². The van der Waals surface area contributed by atoms with Gasteiger partial charge in [-0.3, -0.25) is 0 Å². The first kappa shape index (κ1) is 6.16. The Morgan fingerprint density at radius 1 is 1.43 bits per heavy atom. The minimum atomic E-state index is -0.841. The van der Waals surface area contributed by atoms with Gasteiger partial charge in [-0.15, -0.1) is 0 Å². The van der Waals surface area contributed by atoms with Gasteiger partial charge in [0.2, 0.25) is 6.10 Å². The van der Waals surface area contributed by atoms with E-state index in [2.05, 4.69) is 4.43 Å². The normalized spacial score (nSPS) is 7.86. The summed E-state index contributed by atoms with van der Waals surface area (Å²) < 4.78 is 4.47. The van der Waals surface area contributed by atoms with Crippen LogP contribution < -0.4 is 0 Å². The van der Waals surface area contributed by atoms with Crippen LogP contribution in [0.4, 0.5) is 0 Å². The molecule has 0 aromatic rings. The molecule has 0 saturated heterocycles. The maximum absolute atomic E-state index is 7.95. The third-order valence-corrected chi connectivity index (χ3v) is 0.942. The predicted octanol–water partition coefficient (Wildman–Crippen LogP) is -1.30. The van der Waals surface area contributed by atoms with Crippen molar-refractivity contribution < 1.29 is 4.43 Å². The Morgan fingerprint density at radius 3 is 1.86 bits per heavy atom. The number of nitriles is 2. The zero-order chi connectivity index (χ0) is 5.70. The Hall–Kier alpha value is -0.843. The molecule has 0 unspecified atom stereocenters. The van der Waals surface area contributed by atoms with E-state index >= 15 is 0 Å². The molecule has 0 saturated carbocycles. The molecule has 0 heterocycles. The zero-order valence-corrected chi connectivity index (χ0v) is 5.88. The first-order chi connectivity index (χ1) is 3.35. The highest BCUT2D eigenvalue weighted by Gasteiger charge is 1.96. The Balaban J connectivity index is 3.50. The van der Waals surface area contributed by atoms with Crippen molar-refractivity contribution in [3.63, 3.8) is 0 Å². The molecule has 0 bridgehead atoms. The molecule has 0 aromatic carbocycles. The molecule has 4 heteroatoms. The quantitative estimate of drug-likeness (QED) is 0.396. The monoisotopic (exact) mass is 112 g/mol. The SMILES string of the molecule is N#CC(C#N)O[SiH3]. The molecule has 0 spiro atoms. The smallest absolute Gasteiger partial charge is 0.221 e. The van der Waals surface area contributed by atoms with Crippen LogP contribution in [0.5, 0.6) is 0 Å². The molecular weight excluding hydrogens is 108 g/mol. The zero-order valence-electron chi connectivity index (χ0n) is 3.88. The Bertz CT molecular complexity index is 108. The van der Waals surface area contributed by atoms with Crippen LogP contribution in [0.3, 0.4) is 0 Å². The maximum Gasteiger partial charge on any atom is 0.221 e. The molecule has 0 aromatic heterocycles. The topological polar surface area (TPSA) is 56.8 Å². The summed E-state index contributed by atoms with van der Waals surface area (Å²) in [6.07, 6.45) is -0.841. The van der Waals surface area contributed by atoms with Crippen molar-refractivity contribution in [1.82, 2.24) is 0 Å². The minimum Gasteiger partial charge on any atom is -0.402 e. The molecule has 0 N–H and O–H groups in total. The molecule has 0 amide bonds. The lowest BCUT2D eigenvalue weighted by Gasteiger charge is -1.89. The van der Waals surface area contributed by atoms with Crippen molar-refractivity contribution in [2.75, 3.05) is 0 Å². The summed E-state index contributed by atoms with van der Waals surface area (Å²) >= 11 is 0. The fourth-order valence-electron chi connectivity index (χ4n) is 0.134. The number of nitrogens with zero attached hydrogens (tertiary/aromatic N) is 2. The molecule has 3 nitrogen and oxygen atoms in total. The van der Waals surface area contributed by atoms with Gasteiger partial charge < -0.3 is 4.43 Å². The van der Waals surface area contributed by atoms with Crippen molar-refractivity contribution in [3.05, 3.63) is 0 Å². The van der Waals surface area contributed by atoms with Gasteiger partial charge in [-0.2, -0.15) is 10.5 Å². The molecule has 36 valence electrons. The van der Waals surface area contributed by atoms with Crippen LogP contribution in [0.1, 0.15) is 0 Å². The lowest BCUT2D eigenvalue weighted by molar-refractivity contribution is 0.341. The second-order valence-electron chi connectivity index (χ2n) is 0.874. The Morgan fingerprint density at radius 2 is 1.86 bits per heavy atom. The fraction of sp³-hybridized carbons (Fsp3) is 0.333. The number of rotatable bonds is 1. The lowest BCUT2D eigenvalue weighted by atomic mass is 10.5. The van der Waals surface area contributed by atoms with Gasteiger partial charge in [-0.1, -0.05) is 0 Å². The third kappa shape index (κ3) is 1.93. The molecular formula is C3H4N2OSi. The van der Waals surface area contributed by atoms with Crippen molar-refractivity contribution >= 4 is 10.5 Å². The molecule has 0 rings (SSSR count).